The molecule has 0 radical (unpaired) electrons. The van der Waals surface area contributed by atoms with Crippen molar-refractivity contribution >= 4 is 15.6 Å². The van der Waals surface area contributed by atoms with E-state index < -0.39 is 9.84 Å². The molecule has 0 amide bonds. The van der Waals surface area contributed by atoms with Gasteiger partial charge in [-0.2, -0.15) is 0 Å². The Morgan fingerprint density at radius 1 is 1.23 bits per heavy atom. The zero-order chi connectivity index (χ0) is 10.6. The van der Waals surface area contributed by atoms with E-state index in [1.54, 1.807) is 20.8 Å². The molecular formula is C9H18O3S. The highest BCUT2D eigenvalue weighted by atomic mass is 32.2. The van der Waals surface area contributed by atoms with Gasteiger partial charge in [-0.05, 0) is 27.2 Å². The summed E-state index contributed by atoms with van der Waals surface area (Å²) >= 11 is 0. The van der Waals surface area contributed by atoms with Crippen molar-refractivity contribution in [2.75, 3.05) is 5.75 Å². The Labute approximate surface area is 80.4 Å². The van der Waals surface area contributed by atoms with Crippen molar-refractivity contribution in [3.63, 3.8) is 0 Å². The first-order valence-electron chi connectivity index (χ1n) is 4.49. The Bertz CT molecular complexity index is 265. The predicted molar refractivity (Wildman–Crippen MR) is 53.4 cm³/mol. The number of sulfone groups is 1. The summed E-state index contributed by atoms with van der Waals surface area (Å²) in [4.78, 5) is 10.8. The molecule has 4 heteroatoms. The third-order valence-corrected chi connectivity index (χ3v) is 4.49. The smallest absolute Gasteiger partial charge is 0.152 e. The van der Waals surface area contributed by atoms with E-state index >= 15 is 0 Å². The van der Waals surface area contributed by atoms with Gasteiger partial charge >= 0.3 is 0 Å². The van der Waals surface area contributed by atoms with Gasteiger partial charge < -0.3 is 0 Å². The number of hydrogen-bond acceptors (Lipinski definition) is 3. The average molecular weight is 206 g/mol. The van der Waals surface area contributed by atoms with E-state index in [4.69, 9.17) is 0 Å². The van der Waals surface area contributed by atoms with Crippen molar-refractivity contribution in [2.24, 2.45) is 5.92 Å². The first-order valence-corrected chi connectivity index (χ1v) is 6.21. The standard InChI is InChI=1S/C9H18O3S/c1-7(2)13(11,12)6-5-8(3)9(4)10/h7-8H,5-6H2,1-4H3. The van der Waals surface area contributed by atoms with Gasteiger partial charge in [0.1, 0.15) is 5.78 Å². The lowest BCUT2D eigenvalue weighted by Gasteiger charge is -2.10. The largest absolute Gasteiger partial charge is 0.300 e. The topological polar surface area (TPSA) is 51.2 Å². The van der Waals surface area contributed by atoms with E-state index in [2.05, 4.69) is 0 Å². The molecule has 0 bridgehead atoms. The minimum absolute atomic E-state index is 0.0546. The lowest BCUT2D eigenvalue weighted by Crippen LogP contribution is -2.20. The number of Topliss-reactive ketones (excluding diaryl/α,β-unsaturated/α-hetero) is 1. The van der Waals surface area contributed by atoms with Crippen molar-refractivity contribution in [2.45, 2.75) is 39.4 Å². The molecule has 0 aliphatic carbocycles. The molecule has 0 aromatic rings. The summed E-state index contributed by atoms with van der Waals surface area (Å²) in [6.07, 6.45) is 0.440. The van der Waals surface area contributed by atoms with E-state index in [1.165, 1.54) is 6.92 Å². The van der Waals surface area contributed by atoms with E-state index in [0.29, 0.717) is 6.42 Å². The summed E-state index contributed by atoms with van der Waals surface area (Å²) in [5, 5.41) is -0.341. The van der Waals surface area contributed by atoms with Gasteiger partial charge in [-0.3, -0.25) is 4.79 Å². The van der Waals surface area contributed by atoms with Crippen LogP contribution in [0, 0.1) is 5.92 Å². The number of ketones is 1. The quantitative estimate of drug-likeness (QED) is 0.683. The van der Waals surface area contributed by atoms with Crippen molar-refractivity contribution in [3.8, 4) is 0 Å². The lowest BCUT2D eigenvalue weighted by molar-refractivity contribution is -0.120. The SMILES string of the molecule is CC(=O)C(C)CCS(=O)(=O)C(C)C. The Morgan fingerprint density at radius 3 is 2.00 bits per heavy atom. The minimum Gasteiger partial charge on any atom is -0.300 e. The highest BCUT2D eigenvalue weighted by molar-refractivity contribution is 7.91. The van der Waals surface area contributed by atoms with Gasteiger partial charge in [0.15, 0.2) is 9.84 Å². The molecular weight excluding hydrogens is 188 g/mol. The van der Waals surface area contributed by atoms with Gasteiger partial charge in [-0.25, -0.2) is 8.42 Å². The molecule has 0 aliphatic rings. The Balaban J connectivity index is 4.11. The molecule has 0 spiro atoms. The van der Waals surface area contributed by atoms with Crippen LogP contribution in [0.3, 0.4) is 0 Å². The molecule has 0 heterocycles. The van der Waals surface area contributed by atoms with Crippen LogP contribution in [0.2, 0.25) is 0 Å². The van der Waals surface area contributed by atoms with Crippen LogP contribution < -0.4 is 0 Å². The van der Waals surface area contributed by atoms with Crippen LogP contribution in [-0.4, -0.2) is 25.2 Å². The van der Waals surface area contributed by atoms with E-state index in [9.17, 15) is 13.2 Å². The van der Waals surface area contributed by atoms with Gasteiger partial charge in [-0.15, -0.1) is 0 Å². The zero-order valence-corrected chi connectivity index (χ0v) is 9.52. The molecule has 0 aliphatic heterocycles. The van der Waals surface area contributed by atoms with Gasteiger partial charge in [0, 0.05) is 5.92 Å². The summed E-state index contributed by atoms with van der Waals surface area (Å²) < 4.78 is 22.7. The van der Waals surface area contributed by atoms with E-state index in [0.717, 1.165) is 0 Å². The van der Waals surface area contributed by atoms with E-state index in [-0.39, 0.29) is 22.7 Å². The van der Waals surface area contributed by atoms with Crippen LogP contribution in [0.1, 0.15) is 34.1 Å². The molecule has 1 unspecified atom stereocenters. The van der Waals surface area contributed by atoms with Crippen molar-refractivity contribution in [1.29, 1.82) is 0 Å². The van der Waals surface area contributed by atoms with Crippen molar-refractivity contribution in [1.82, 2.24) is 0 Å². The second kappa shape index (κ2) is 4.74. The van der Waals surface area contributed by atoms with Gasteiger partial charge in [0.05, 0.1) is 11.0 Å². The monoisotopic (exact) mass is 206 g/mol. The maximum atomic E-state index is 11.3. The minimum atomic E-state index is -2.98. The second-order valence-corrected chi connectivity index (χ2v) is 6.39. The molecule has 78 valence electrons. The molecule has 0 fully saturated rings. The number of carbonyl (C=O) groups is 1. The van der Waals surface area contributed by atoms with Crippen molar-refractivity contribution < 1.29 is 13.2 Å². The van der Waals surface area contributed by atoms with Crippen LogP contribution in [-0.2, 0) is 14.6 Å². The van der Waals surface area contributed by atoms with Crippen LogP contribution in [0.25, 0.3) is 0 Å². The van der Waals surface area contributed by atoms with Crippen LogP contribution in [0.5, 0.6) is 0 Å². The van der Waals surface area contributed by atoms with Crippen molar-refractivity contribution in [3.05, 3.63) is 0 Å². The first kappa shape index (κ1) is 12.6. The highest BCUT2D eigenvalue weighted by Gasteiger charge is 2.18. The Kier molecular flexibility index (Phi) is 4.61. The predicted octanol–water partition coefficient (Wildman–Crippen LogP) is 1.42. The summed E-state index contributed by atoms with van der Waals surface area (Å²) in [5.41, 5.74) is 0. The summed E-state index contributed by atoms with van der Waals surface area (Å²) in [6, 6.07) is 0. The summed E-state index contributed by atoms with van der Waals surface area (Å²) in [6.45, 7) is 6.58. The molecule has 0 saturated heterocycles. The zero-order valence-electron chi connectivity index (χ0n) is 8.70. The maximum absolute atomic E-state index is 11.3. The van der Waals surface area contributed by atoms with E-state index in [1.807, 2.05) is 0 Å². The highest BCUT2D eigenvalue weighted by Crippen LogP contribution is 2.09. The third kappa shape index (κ3) is 4.41. The molecule has 0 N–H and O–H groups in total. The fourth-order valence-electron chi connectivity index (χ4n) is 0.780. The molecule has 0 aromatic carbocycles. The van der Waals surface area contributed by atoms with Gasteiger partial charge in [0.25, 0.3) is 0 Å². The molecule has 13 heavy (non-hydrogen) atoms. The van der Waals surface area contributed by atoms with Crippen LogP contribution >= 0.6 is 0 Å². The molecule has 0 rings (SSSR count). The number of carbonyl (C=O) groups excluding carboxylic acids is 1. The molecule has 0 aromatic heterocycles. The third-order valence-electron chi connectivity index (χ3n) is 2.25. The fourth-order valence-corrected chi connectivity index (χ4v) is 1.93. The normalized spacial score (nSPS) is 14.5. The number of rotatable bonds is 5. The fraction of sp³-hybridized carbons (Fsp3) is 0.889. The lowest BCUT2D eigenvalue weighted by atomic mass is 10.1. The van der Waals surface area contributed by atoms with Gasteiger partial charge in [-0.1, -0.05) is 6.92 Å². The summed E-state index contributed by atoms with van der Waals surface area (Å²) in [5.74, 6) is 0.0262. The molecule has 3 nitrogen and oxygen atoms in total. The van der Waals surface area contributed by atoms with Crippen LogP contribution in [0.15, 0.2) is 0 Å². The second-order valence-electron chi connectivity index (χ2n) is 3.72. The average Bonchev–Trinajstić information content (AvgIpc) is 1.99. The summed E-state index contributed by atoms with van der Waals surface area (Å²) in [7, 11) is -2.98. The molecule has 1 atom stereocenters. The van der Waals surface area contributed by atoms with Gasteiger partial charge in [0.2, 0.25) is 0 Å². The maximum Gasteiger partial charge on any atom is 0.152 e. The number of hydrogen-bond donors (Lipinski definition) is 0. The van der Waals surface area contributed by atoms with Crippen LogP contribution in [0.4, 0.5) is 0 Å². The Hall–Kier alpha value is -0.380. The Morgan fingerprint density at radius 2 is 1.69 bits per heavy atom. The first-order chi connectivity index (χ1) is 5.77. The molecule has 0 saturated carbocycles.